The van der Waals surface area contributed by atoms with E-state index in [4.69, 9.17) is 21.1 Å². The van der Waals surface area contributed by atoms with E-state index >= 15 is 0 Å². The molecule has 3 aromatic rings. The predicted octanol–water partition coefficient (Wildman–Crippen LogP) is 5.46. The minimum atomic E-state index is -0.661. The molecule has 37 heavy (non-hydrogen) atoms. The normalized spacial score (nSPS) is 11.5. The van der Waals surface area contributed by atoms with Gasteiger partial charge in [-0.2, -0.15) is 0 Å². The Morgan fingerprint density at radius 2 is 1.62 bits per heavy atom. The lowest BCUT2D eigenvalue weighted by molar-refractivity contribution is -0.141. The molecule has 196 valence electrons. The van der Waals surface area contributed by atoms with Gasteiger partial charge in [-0.15, -0.1) is 0 Å². The zero-order chi connectivity index (χ0) is 26.6. The topological polar surface area (TPSA) is 67.9 Å². The van der Waals surface area contributed by atoms with Gasteiger partial charge < -0.3 is 19.7 Å². The van der Waals surface area contributed by atoms with Crippen molar-refractivity contribution < 1.29 is 19.1 Å². The molecule has 1 N–H and O–H groups in total. The molecule has 2 amide bonds. The molecule has 0 radical (unpaired) electrons. The van der Waals surface area contributed by atoms with Crippen molar-refractivity contribution in [1.82, 2.24) is 10.2 Å². The molecule has 6 nitrogen and oxygen atoms in total. The summed E-state index contributed by atoms with van der Waals surface area (Å²) in [5, 5.41) is 3.59. The third-order valence-corrected chi connectivity index (χ3v) is 6.37. The Hall–Kier alpha value is -3.51. The molecule has 0 aliphatic carbocycles. The van der Waals surface area contributed by atoms with Crippen LogP contribution in [0.3, 0.4) is 0 Å². The summed E-state index contributed by atoms with van der Waals surface area (Å²) < 4.78 is 10.7. The van der Waals surface area contributed by atoms with E-state index < -0.39 is 6.04 Å². The fourth-order valence-corrected chi connectivity index (χ4v) is 4.40. The molecule has 0 aromatic heterocycles. The van der Waals surface area contributed by atoms with Gasteiger partial charge in [-0.3, -0.25) is 9.59 Å². The number of amides is 2. The molecular formula is C30H35ClN2O4. The van der Waals surface area contributed by atoms with E-state index in [1.807, 2.05) is 73.7 Å². The Morgan fingerprint density at radius 3 is 2.30 bits per heavy atom. The van der Waals surface area contributed by atoms with Gasteiger partial charge in [0.1, 0.15) is 6.04 Å². The monoisotopic (exact) mass is 522 g/mol. The van der Waals surface area contributed by atoms with E-state index in [0.717, 1.165) is 23.1 Å². The van der Waals surface area contributed by atoms with Crippen molar-refractivity contribution in [3.63, 3.8) is 0 Å². The highest BCUT2D eigenvalue weighted by Crippen LogP contribution is 2.28. The molecule has 0 saturated heterocycles. The molecule has 3 rings (SSSR count). The summed E-state index contributed by atoms with van der Waals surface area (Å²) in [5.74, 6) is 0.981. The van der Waals surface area contributed by atoms with E-state index in [1.165, 1.54) is 0 Å². The number of hydrogen-bond acceptors (Lipinski definition) is 4. The number of halogens is 1. The minimum Gasteiger partial charge on any atom is -0.493 e. The average Bonchev–Trinajstić information content (AvgIpc) is 2.92. The van der Waals surface area contributed by atoms with Crippen molar-refractivity contribution in [2.24, 2.45) is 0 Å². The van der Waals surface area contributed by atoms with Gasteiger partial charge in [-0.25, -0.2) is 0 Å². The van der Waals surface area contributed by atoms with E-state index in [0.29, 0.717) is 35.9 Å². The van der Waals surface area contributed by atoms with Crippen molar-refractivity contribution >= 4 is 23.4 Å². The lowest BCUT2D eigenvalue weighted by Crippen LogP contribution is -2.50. The third kappa shape index (κ3) is 8.25. The number of rotatable bonds is 13. The smallest absolute Gasteiger partial charge is 0.243 e. The van der Waals surface area contributed by atoms with Crippen LogP contribution < -0.4 is 14.8 Å². The van der Waals surface area contributed by atoms with Crippen LogP contribution in [0.15, 0.2) is 72.8 Å². The van der Waals surface area contributed by atoms with Gasteiger partial charge in [0.2, 0.25) is 11.8 Å². The molecule has 3 aromatic carbocycles. The second kappa shape index (κ2) is 14.3. The van der Waals surface area contributed by atoms with Crippen LogP contribution in [0.5, 0.6) is 11.5 Å². The molecule has 0 fully saturated rings. The van der Waals surface area contributed by atoms with Crippen molar-refractivity contribution in [2.75, 3.05) is 20.8 Å². The number of benzene rings is 3. The lowest BCUT2D eigenvalue weighted by atomic mass is 10.0. The van der Waals surface area contributed by atoms with Crippen LogP contribution >= 0.6 is 11.6 Å². The molecule has 7 heteroatoms. The Balaban J connectivity index is 1.89. The van der Waals surface area contributed by atoms with Gasteiger partial charge in [-0.1, -0.05) is 67.1 Å². The van der Waals surface area contributed by atoms with Gasteiger partial charge in [0, 0.05) is 31.0 Å². The van der Waals surface area contributed by atoms with Crippen molar-refractivity contribution in [3.8, 4) is 11.5 Å². The number of carbonyl (C=O) groups is 2. The largest absolute Gasteiger partial charge is 0.493 e. The highest BCUT2D eigenvalue weighted by molar-refractivity contribution is 6.30. The zero-order valence-corrected chi connectivity index (χ0v) is 22.5. The number of nitrogens with zero attached hydrogens (tertiary/aromatic N) is 1. The maximum Gasteiger partial charge on any atom is 0.243 e. The first kappa shape index (κ1) is 28.1. The quantitative estimate of drug-likeness (QED) is 0.324. The third-order valence-electron chi connectivity index (χ3n) is 6.14. The number of methoxy groups -OCH3 is 2. The Morgan fingerprint density at radius 1 is 0.892 bits per heavy atom. The standard InChI is InChI=1S/C30H35ClN2O4/c1-4-17-32-30(35)26(19-22-9-6-5-7-10-22)33(21-24-11-8-12-25(31)18-24)29(34)16-14-23-13-15-27(36-2)28(20-23)37-3/h5-13,15,18,20,26H,4,14,16-17,19,21H2,1-3H3,(H,32,35)/t26-/m0/s1. The number of nitrogens with one attached hydrogen (secondary N) is 1. The minimum absolute atomic E-state index is 0.109. The Bertz CT molecular complexity index is 1170. The van der Waals surface area contributed by atoms with Crippen LogP contribution in [0.4, 0.5) is 0 Å². The van der Waals surface area contributed by atoms with Gasteiger partial charge in [-0.05, 0) is 53.8 Å². The molecule has 0 spiro atoms. The number of carbonyl (C=O) groups excluding carboxylic acids is 2. The highest BCUT2D eigenvalue weighted by atomic mass is 35.5. The van der Waals surface area contributed by atoms with Gasteiger partial charge >= 0.3 is 0 Å². The van der Waals surface area contributed by atoms with Gasteiger partial charge in [0.25, 0.3) is 0 Å². The van der Waals surface area contributed by atoms with Crippen LogP contribution in [-0.2, 0) is 29.0 Å². The number of aryl methyl sites for hydroxylation is 1. The van der Waals surface area contributed by atoms with Crippen LogP contribution in [-0.4, -0.2) is 43.5 Å². The summed E-state index contributed by atoms with van der Waals surface area (Å²) in [6.45, 7) is 2.84. The summed E-state index contributed by atoms with van der Waals surface area (Å²) in [4.78, 5) is 28.8. The van der Waals surface area contributed by atoms with Gasteiger partial charge in [0.05, 0.1) is 14.2 Å². The molecule has 0 aliphatic heterocycles. The Kier molecular flexibility index (Phi) is 10.8. The summed E-state index contributed by atoms with van der Waals surface area (Å²) in [5.41, 5.74) is 2.81. The first-order chi connectivity index (χ1) is 17.9. The van der Waals surface area contributed by atoms with E-state index in [-0.39, 0.29) is 24.8 Å². The highest BCUT2D eigenvalue weighted by Gasteiger charge is 2.30. The molecular weight excluding hydrogens is 488 g/mol. The van der Waals surface area contributed by atoms with Crippen molar-refractivity contribution in [3.05, 3.63) is 94.5 Å². The first-order valence-corrected chi connectivity index (χ1v) is 12.9. The average molecular weight is 523 g/mol. The predicted molar refractivity (Wildman–Crippen MR) is 147 cm³/mol. The van der Waals surface area contributed by atoms with E-state index in [1.54, 1.807) is 25.2 Å². The summed E-state index contributed by atoms with van der Waals surface area (Å²) >= 11 is 6.24. The molecule has 0 aliphatic rings. The Labute approximate surface area is 224 Å². The first-order valence-electron chi connectivity index (χ1n) is 12.5. The second-order valence-electron chi connectivity index (χ2n) is 8.84. The van der Waals surface area contributed by atoms with Crippen LogP contribution in [0.1, 0.15) is 36.5 Å². The fourth-order valence-electron chi connectivity index (χ4n) is 4.18. The lowest BCUT2D eigenvalue weighted by Gasteiger charge is -2.31. The molecule has 0 heterocycles. The molecule has 0 unspecified atom stereocenters. The van der Waals surface area contributed by atoms with Crippen molar-refractivity contribution in [2.45, 2.75) is 45.2 Å². The summed E-state index contributed by atoms with van der Waals surface area (Å²) in [7, 11) is 3.17. The SMILES string of the molecule is CCCNC(=O)[C@H](Cc1ccccc1)N(Cc1cccc(Cl)c1)C(=O)CCc1ccc(OC)c(OC)c1. The zero-order valence-electron chi connectivity index (χ0n) is 21.7. The molecule has 0 bridgehead atoms. The van der Waals surface area contributed by atoms with E-state index in [2.05, 4.69) is 5.32 Å². The van der Waals surface area contributed by atoms with Crippen LogP contribution in [0, 0.1) is 0 Å². The summed E-state index contributed by atoms with van der Waals surface area (Å²) in [6, 6.07) is 22.2. The molecule has 0 saturated carbocycles. The molecule has 1 atom stereocenters. The second-order valence-corrected chi connectivity index (χ2v) is 9.27. The number of hydrogen-bond donors (Lipinski definition) is 1. The number of ether oxygens (including phenoxy) is 2. The van der Waals surface area contributed by atoms with Crippen molar-refractivity contribution in [1.29, 1.82) is 0 Å². The van der Waals surface area contributed by atoms with Crippen LogP contribution in [0.2, 0.25) is 5.02 Å². The van der Waals surface area contributed by atoms with Gasteiger partial charge in [0.15, 0.2) is 11.5 Å². The maximum atomic E-state index is 13.8. The summed E-state index contributed by atoms with van der Waals surface area (Å²) in [6.07, 6.45) is 1.96. The van der Waals surface area contributed by atoms with Crippen LogP contribution in [0.25, 0.3) is 0 Å². The maximum absolute atomic E-state index is 13.8. The fraction of sp³-hybridized carbons (Fsp3) is 0.333. The van der Waals surface area contributed by atoms with E-state index in [9.17, 15) is 9.59 Å².